The molecule has 1 aromatic heterocycles. The molecule has 0 aliphatic rings. The zero-order valence-corrected chi connectivity index (χ0v) is 9.30. The fourth-order valence-corrected chi connectivity index (χ4v) is 1.77. The van der Waals surface area contributed by atoms with E-state index in [-0.39, 0.29) is 5.56 Å². The molecule has 0 atom stereocenters. The van der Waals surface area contributed by atoms with Crippen molar-refractivity contribution in [2.45, 2.75) is 0 Å². The fourth-order valence-electron chi connectivity index (χ4n) is 1.54. The van der Waals surface area contributed by atoms with E-state index < -0.39 is 5.97 Å². The van der Waals surface area contributed by atoms with Gasteiger partial charge in [-0.3, -0.25) is 0 Å². The molecule has 0 radical (unpaired) electrons. The fraction of sp³-hybridized carbons (Fsp3) is 0.0909. The summed E-state index contributed by atoms with van der Waals surface area (Å²) >= 11 is 4.97. The summed E-state index contributed by atoms with van der Waals surface area (Å²) in [5.74, 6) is -0.337. The molecule has 2 aromatic rings. The average Bonchev–Trinajstić information content (AvgIpc) is 2.26. The predicted molar refractivity (Wildman–Crippen MR) is 62.6 cm³/mol. The molecule has 1 heterocycles. The number of methoxy groups -OCH3 is 1. The molecule has 16 heavy (non-hydrogen) atoms. The van der Waals surface area contributed by atoms with Gasteiger partial charge in [0.1, 0.15) is 10.4 Å². The lowest BCUT2D eigenvalue weighted by atomic mass is 10.1. The minimum atomic E-state index is -0.990. The summed E-state index contributed by atoms with van der Waals surface area (Å²) in [7, 11) is 1.55. The second-order valence-corrected chi connectivity index (χ2v) is 3.70. The number of benzene rings is 1. The normalized spacial score (nSPS) is 10.3. The first-order chi connectivity index (χ1) is 7.61. The SMILES string of the molecule is COc1ccc2c(C(=O)O)cc(=S)[nH]c2c1. The van der Waals surface area contributed by atoms with Crippen LogP contribution in [-0.2, 0) is 0 Å². The summed E-state index contributed by atoms with van der Waals surface area (Å²) in [6, 6.07) is 6.57. The minimum Gasteiger partial charge on any atom is -0.497 e. The van der Waals surface area contributed by atoms with E-state index in [0.29, 0.717) is 21.3 Å². The summed E-state index contributed by atoms with van der Waals surface area (Å²) in [6.07, 6.45) is 0. The Labute approximate surface area is 96.5 Å². The maximum Gasteiger partial charge on any atom is 0.336 e. The average molecular weight is 235 g/mol. The van der Waals surface area contributed by atoms with E-state index >= 15 is 0 Å². The van der Waals surface area contributed by atoms with Gasteiger partial charge in [0.25, 0.3) is 0 Å². The van der Waals surface area contributed by atoms with Gasteiger partial charge in [-0.1, -0.05) is 12.2 Å². The molecule has 4 nitrogen and oxygen atoms in total. The van der Waals surface area contributed by atoms with E-state index in [9.17, 15) is 4.79 Å². The number of hydrogen-bond acceptors (Lipinski definition) is 3. The largest absolute Gasteiger partial charge is 0.497 e. The molecule has 1 aromatic carbocycles. The number of aromatic nitrogens is 1. The van der Waals surface area contributed by atoms with Crippen LogP contribution in [0.4, 0.5) is 0 Å². The van der Waals surface area contributed by atoms with Crippen molar-refractivity contribution in [2.75, 3.05) is 7.11 Å². The second kappa shape index (κ2) is 3.94. The number of carboxylic acids is 1. The molecule has 0 spiro atoms. The molecule has 5 heteroatoms. The molecule has 0 fully saturated rings. The van der Waals surface area contributed by atoms with Crippen molar-refractivity contribution in [3.63, 3.8) is 0 Å². The Balaban J connectivity index is 2.83. The molecular formula is C11H9NO3S. The topological polar surface area (TPSA) is 62.3 Å². The maximum atomic E-state index is 11.0. The van der Waals surface area contributed by atoms with Crippen molar-refractivity contribution in [2.24, 2.45) is 0 Å². The van der Waals surface area contributed by atoms with E-state index in [0.717, 1.165) is 0 Å². The quantitative estimate of drug-likeness (QED) is 0.785. The van der Waals surface area contributed by atoms with Crippen LogP contribution in [0.1, 0.15) is 10.4 Å². The van der Waals surface area contributed by atoms with Crippen LogP contribution in [0.2, 0.25) is 0 Å². The lowest BCUT2D eigenvalue weighted by Gasteiger charge is -2.05. The number of aromatic carboxylic acids is 1. The number of rotatable bonds is 2. The highest BCUT2D eigenvalue weighted by atomic mass is 32.1. The molecule has 0 bridgehead atoms. The number of carboxylic acid groups (broad SMARTS) is 1. The molecule has 0 aliphatic heterocycles. The van der Waals surface area contributed by atoms with Crippen LogP contribution in [0.5, 0.6) is 5.75 Å². The van der Waals surface area contributed by atoms with Gasteiger partial charge in [-0.25, -0.2) is 4.79 Å². The number of hydrogen-bond donors (Lipinski definition) is 2. The predicted octanol–water partition coefficient (Wildman–Crippen LogP) is 2.60. The van der Waals surface area contributed by atoms with Gasteiger partial charge < -0.3 is 14.8 Å². The first-order valence-electron chi connectivity index (χ1n) is 4.56. The minimum absolute atomic E-state index is 0.196. The molecule has 0 amide bonds. The number of H-pyrrole nitrogens is 1. The van der Waals surface area contributed by atoms with E-state index in [4.69, 9.17) is 22.1 Å². The molecule has 0 unspecified atom stereocenters. The highest BCUT2D eigenvalue weighted by molar-refractivity contribution is 7.71. The van der Waals surface area contributed by atoms with Gasteiger partial charge in [0, 0.05) is 11.5 Å². The Bertz CT molecular complexity index is 618. The van der Waals surface area contributed by atoms with E-state index in [2.05, 4.69) is 4.98 Å². The number of pyridine rings is 1. The van der Waals surface area contributed by atoms with Crippen LogP contribution in [-0.4, -0.2) is 23.2 Å². The zero-order chi connectivity index (χ0) is 11.7. The first-order valence-corrected chi connectivity index (χ1v) is 4.97. The van der Waals surface area contributed by atoms with Gasteiger partial charge in [0.15, 0.2) is 0 Å². The third kappa shape index (κ3) is 1.77. The van der Waals surface area contributed by atoms with E-state index in [1.54, 1.807) is 25.3 Å². The highest BCUT2D eigenvalue weighted by Crippen LogP contribution is 2.22. The van der Waals surface area contributed by atoms with Gasteiger partial charge in [-0.05, 0) is 18.2 Å². The lowest BCUT2D eigenvalue weighted by molar-refractivity contribution is 0.0699. The standard InChI is InChI=1S/C11H9NO3S/c1-15-6-2-3-7-8(11(13)14)5-10(16)12-9(7)4-6/h2-5H,1H3,(H,12,16)(H,13,14). The van der Waals surface area contributed by atoms with Crippen molar-refractivity contribution in [1.82, 2.24) is 4.98 Å². The molecule has 2 rings (SSSR count). The Hall–Kier alpha value is -1.88. The monoisotopic (exact) mass is 235 g/mol. The zero-order valence-electron chi connectivity index (χ0n) is 8.48. The molecule has 82 valence electrons. The van der Waals surface area contributed by atoms with E-state index in [1.807, 2.05) is 0 Å². The number of fused-ring (bicyclic) bond motifs is 1. The highest BCUT2D eigenvalue weighted by Gasteiger charge is 2.09. The number of nitrogens with one attached hydrogen (secondary N) is 1. The summed E-state index contributed by atoms with van der Waals surface area (Å²) in [4.78, 5) is 14.0. The van der Waals surface area contributed by atoms with Crippen molar-refractivity contribution >= 4 is 29.1 Å². The summed E-state index contributed by atoms with van der Waals surface area (Å²) in [5, 5.41) is 9.66. The molecule has 0 aliphatic carbocycles. The summed E-state index contributed by atoms with van der Waals surface area (Å²) in [5.41, 5.74) is 0.852. The Morgan fingerprint density at radius 1 is 1.44 bits per heavy atom. The van der Waals surface area contributed by atoms with Gasteiger partial charge in [-0.15, -0.1) is 0 Å². The molecular weight excluding hydrogens is 226 g/mol. The van der Waals surface area contributed by atoms with Crippen molar-refractivity contribution in [3.05, 3.63) is 34.5 Å². The smallest absolute Gasteiger partial charge is 0.336 e. The summed E-state index contributed by atoms with van der Waals surface area (Å²) in [6.45, 7) is 0. The molecule has 0 saturated carbocycles. The van der Waals surface area contributed by atoms with E-state index in [1.165, 1.54) is 6.07 Å². The Morgan fingerprint density at radius 3 is 2.81 bits per heavy atom. The molecule has 2 N–H and O–H groups in total. The van der Waals surface area contributed by atoms with Crippen molar-refractivity contribution in [1.29, 1.82) is 0 Å². The van der Waals surface area contributed by atoms with Crippen molar-refractivity contribution < 1.29 is 14.6 Å². The van der Waals surface area contributed by atoms with Crippen LogP contribution in [0, 0.1) is 4.64 Å². The van der Waals surface area contributed by atoms with Crippen LogP contribution in [0.25, 0.3) is 10.9 Å². The number of ether oxygens (including phenoxy) is 1. The second-order valence-electron chi connectivity index (χ2n) is 3.26. The number of carbonyl (C=O) groups is 1. The van der Waals surface area contributed by atoms with Gasteiger partial charge in [0.05, 0.1) is 18.2 Å². The number of aromatic amines is 1. The van der Waals surface area contributed by atoms with Gasteiger partial charge >= 0.3 is 5.97 Å². The van der Waals surface area contributed by atoms with Crippen LogP contribution >= 0.6 is 12.2 Å². The summed E-state index contributed by atoms with van der Waals surface area (Å²) < 4.78 is 5.45. The van der Waals surface area contributed by atoms with Gasteiger partial charge in [-0.2, -0.15) is 0 Å². The Kier molecular flexibility index (Phi) is 2.62. The third-order valence-electron chi connectivity index (χ3n) is 2.28. The van der Waals surface area contributed by atoms with Crippen LogP contribution in [0.15, 0.2) is 24.3 Å². The van der Waals surface area contributed by atoms with Crippen molar-refractivity contribution in [3.8, 4) is 5.75 Å². The molecule has 0 saturated heterocycles. The maximum absolute atomic E-state index is 11.0. The lowest BCUT2D eigenvalue weighted by Crippen LogP contribution is -1.99. The third-order valence-corrected chi connectivity index (χ3v) is 2.50. The first kappa shape index (κ1) is 10.6. The van der Waals surface area contributed by atoms with Crippen LogP contribution in [0.3, 0.4) is 0 Å². The van der Waals surface area contributed by atoms with Gasteiger partial charge in [0.2, 0.25) is 0 Å². The Morgan fingerprint density at radius 2 is 2.19 bits per heavy atom. The van der Waals surface area contributed by atoms with Crippen LogP contribution < -0.4 is 4.74 Å².